The van der Waals surface area contributed by atoms with E-state index in [1.54, 1.807) is 0 Å². The molecule has 0 unspecified atom stereocenters. The van der Waals surface area contributed by atoms with Gasteiger partial charge in [-0.15, -0.1) is 5.10 Å². The molecule has 1 aromatic carbocycles. The zero-order valence-electron chi connectivity index (χ0n) is 11.2. The van der Waals surface area contributed by atoms with E-state index in [4.69, 9.17) is 5.73 Å². The van der Waals surface area contributed by atoms with E-state index in [2.05, 4.69) is 22.4 Å². The summed E-state index contributed by atoms with van der Waals surface area (Å²) in [5.74, 6) is 0.776. The smallest absolute Gasteiger partial charge is 0.184 e. The zero-order valence-corrected chi connectivity index (χ0v) is 11.2. The van der Waals surface area contributed by atoms with Crippen molar-refractivity contribution in [2.75, 3.05) is 5.73 Å². The SMILES string of the molecule is CCC1(Cn2nnnc2-c2ccccc2N)CCC1. The first kappa shape index (κ1) is 12.1. The van der Waals surface area contributed by atoms with Crippen molar-refractivity contribution in [3.05, 3.63) is 24.3 Å². The Labute approximate surface area is 112 Å². The van der Waals surface area contributed by atoms with Gasteiger partial charge < -0.3 is 5.73 Å². The van der Waals surface area contributed by atoms with Gasteiger partial charge in [0.05, 0.1) is 6.54 Å². The minimum atomic E-state index is 0.383. The molecule has 5 heteroatoms. The minimum absolute atomic E-state index is 0.383. The topological polar surface area (TPSA) is 69.6 Å². The molecule has 19 heavy (non-hydrogen) atoms. The average molecular weight is 257 g/mol. The molecule has 2 aromatic rings. The number of anilines is 1. The Balaban J connectivity index is 1.93. The molecule has 2 N–H and O–H groups in total. The van der Waals surface area contributed by atoms with Crippen molar-refractivity contribution in [3.8, 4) is 11.4 Å². The highest BCUT2D eigenvalue weighted by molar-refractivity contribution is 5.70. The lowest BCUT2D eigenvalue weighted by Gasteiger charge is -2.41. The molecule has 1 saturated carbocycles. The molecule has 0 spiro atoms. The molecule has 1 aromatic heterocycles. The van der Waals surface area contributed by atoms with Crippen LogP contribution in [0, 0.1) is 5.41 Å². The molecule has 0 aliphatic heterocycles. The second-order valence-corrected chi connectivity index (χ2v) is 5.45. The van der Waals surface area contributed by atoms with Gasteiger partial charge in [-0.1, -0.05) is 25.5 Å². The maximum Gasteiger partial charge on any atom is 0.184 e. The van der Waals surface area contributed by atoms with Crippen molar-refractivity contribution in [1.29, 1.82) is 0 Å². The van der Waals surface area contributed by atoms with E-state index in [0.717, 1.165) is 23.6 Å². The first-order valence-corrected chi connectivity index (χ1v) is 6.85. The number of nitrogen functional groups attached to an aromatic ring is 1. The number of nitrogens with zero attached hydrogens (tertiary/aromatic N) is 4. The number of nitrogens with two attached hydrogens (primary N) is 1. The Hall–Kier alpha value is -1.91. The van der Waals surface area contributed by atoms with Crippen LogP contribution in [0.25, 0.3) is 11.4 Å². The molecular formula is C14H19N5. The number of benzene rings is 1. The molecule has 3 rings (SSSR count). The van der Waals surface area contributed by atoms with E-state index in [0.29, 0.717) is 5.41 Å². The maximum atomic E-state index is 6.01. The summed E-state index contributed by atoms with van der Waals surface area (Å²) in [6.45, 7) is 3.14. The van der Waals surface area contributed by atoms with E-state index in [9.17, 15) is 0 Å². The third-order valence-corrected chi connectivity index (χ3v) is 4.38. The van der Waals surface area contributed by atoms with Gasteiger partial charge in [-0.25, -0.2) is 4.68 Å². The predicted octanol–water partition coefficient (Wildman–Crippen LogP) is 2.50. The van der Waals surface area contributed by atoms with Crippen molar-refractivity contribution in [3.63, 3.8) is 0 Å². The van der Waals surface area contributed by atoms with Gasteiger partial charge in [0, 0.05) is 11.3 Å². The Morgan fingerprint density at radius 3 is 2.74 bits per heavy atom. The summed E-state index contributed by atoms with van der Waals surface area (Å²) in [4.78, 5) is 0. The van der Waals surface area contributed by atoms with Crippen LogP contribution >= 0.6 is 0 Å². The summed E-state index contributed by atoms with van der Waals surface area (Å²) >= 11 is 0. The van der Waals surface area contributed by atoms with Gasteiger partial charge in [0.2, 0.25) is 0 Å². The number of hydrogen-bond donors (Lipinski definition) is 1. The predicted molar refractivity (Wildman–Crippen MR) is 74.2 cm³/mol. The Kier molecular flexibility index (Phi) is 2.97. The molecule has 1 fully saturated rings. The Morgan fingerprint density at radius 1 is 1.32 bits per heavy atom. The quantitative estimate of drug-likeness (QED) is 0.854. The third-order valence-electron chi connectivity index (χ3n) is 4.38. The second-order valence-electron chi connectivity index (χ2n) is 5.45. The van der Waals surface area contributed by atoms with Gasteiger partial charge in [0.15, 0.2) is 5.82 Å². The molecule has 0 radical (unpaired) electrons. The van der Waals surface area contributed by atoms with E-state index < -0.39 is 0 Å². The van der Waals surface area contributed by atoms with Crippen LogP contribution in [-0.2, 0) is 6.54 Å². The highest BCUT2D eigenvalue weighted by Gasteiger charge is 2.36. The summed E-state index contributed by atoms with van der Waals surface area (Å²) < 4.78 is 1.91. The van der Waals surface area contributed by atoms with Crippen molar-refractivity contribution >= 4 is 5.69 Å². The second kappa shape index (κ2) is 4.64. The molecule has 1 aliphatic rings. The molecule has 1 aliphatic carbocycles. The molecule has 1 heterocycles. The van der Waals surface area contributed by atoms with Crippen LogP contribution in [0.15, 0.2) is 24.3 Å². The van der Waals surface area contributed by atoms with Crippen LogP contribution in [0.4, 0.5) is 5.69 Å². The van der Waals surface area contributed by atoms with Crippen LogP contribution in [0.2, 0.25) is 0 Å². The molecule has 0 amide bonds. The summed E-state index contributed by atoms with van der Waals surface area (Å²) in [5, 5.41) is 12.1. The van der Waals surface area contributed by atoms with Crippen molar-refractivity contribution in [2.45, 2.75) is 39.2 Å². The van der Waals surface area contributed by atoms with Crippen molar-refractivity contribution < 1.29 is 0 Å². The minimum Gasteiger partial charge on any atom is -0.398 e. The van der Waals surface area contributed by atoms with Gasteiger partial charge in [-0.2, -0.15) is 0 Å². The summed E-state index contributed by atoms with van der Waals surface area (Å²) in [6.07, 6.45) is 5.04. The van der Waals surface area contributed by atoms with Crippen LogP contribution in [0.1, 0.15) is 32.6 Å². The fraction of sp³-hybridized carbons (Fsp3) is 0.500. The molecule has 100 valence electrons. The summed E-state index contributed by atoms with van der Waals surface area (Å²) in [6, 6.07) is 7.74. The molecular weight excluding hydrogens is 238 g/mol. The molecule has 0 bridgehead atoms. The average Bonchev–Trinajstić information content (AvgIpc) is 2.82. The number of tetrazole rings is 1. The lowest BCUT2D eigenvalue weighted by atomic mass is 9.67. The van der Waals surface area contributed by atoms with Crippen LogP contribution in [0.5, 0.6) is 0 Å². The monoisotopic (exact) mass is 257 g/mol. The lowest BCUT2D eigenvalue weighted by molar-refractivity contribution is 0.0948. The van der Waals surface area contributed by atoms with Gasteiger partial charge in [0.25, 0.3) is 0 Å². The van der Waals surface area contributed by atoms with Gasteiger partial charge >= 0.3 is 0 Å². The fourth-order valence-corrected chi connectivity index (χ4v) is 2.82. The molecule has 0 saturated heterocycles. The van der Waals surface area contributed by atoms with Gasteiger partial charge in [-0.3, -0.25) is 0 Å². The summed E-state index contributed by atoms with van der Waals surface area (Å²) in [7, 11) is 0. The highest BCUT2D eigenvalue weighted by Crippen LogP contribution is 2.45. The largest absolute Gasteiger partial charge is 0.398 e. The van der Waals surface area contributed by atoms with Crippen molar-refractivity contribution in [2.24, 2.45) is 5.41 Å². The summed E-state index contributed by atoms with van der Waals surface area (Å²) in [5.41, 5.74) is 8.03. The van der Waals surface area contributed by atoms with E-state index in [-0.39, 0.29) is 0 Å². The fourth-order valence-electron chi connectivity index (χ4n) is 2.82. The lowest BCUT2D eigenvalue weighted by Crippen LogP contribution is -2.34. The van der Waals surface area contributed by atoms with Gasteiger partial charge in [0.1, 0.15) is 0 Å². The van der Waals surface area contributed by atoms with E-state index in [1.165, 1.54) is 25.7 Å². The normalized spacial score (nSPS) is 17.1. The number of hydrogen-bond acceptors (Lipinski definition) is 4. The number of para-hydroxylation sites is 1. The standard InChI is InChI=1S/C14H19N5/c1-2-14(8-5-9-14)10-19-13(16-17-18-19)11-6-3-4-7-12(11)15/h3-4,6-7H,2,5,8-10,15H2,1H3. The van der Waals surface area contributed by atoms with E-state index >= 15 is 0 Å². The Bertz CT molecular complexity index is 565. The van der Waals surface area contributed by atoms with Crippen LogP contribution < -0.4 is 5.73 Å². The van der Waals surface area contributed by atoms with Crippen LogP contribution in [-0.4, -0.2) is 20.2 Å². The zero-order chi connectivity index (χ0) is 13.3. The van der Waals surface area contributed by atoms with Gasteiger partial charge in [-0.05, 0) is 47.2 Å². The Morgan fingerprint density at radius 2 is 2.11 bits per heavy atom. The van der Waals surface area contributed by atoms with E-state index in [1.807, 2.05) is 28.9 Å². The highest BCUT2D eigenvalue weighted by atomic mass is 15.5. The molecule has 5 nitrogen and oxygen atoms in total. The molecule has 0 atom stereocenters. The maximum absolute atomic E-state index is 6.01. The first-order valence-electron chi connectivity index (χ1n) is 6.85. The first-order chi connectivity index (χ1) is 9.24. The third kappa shape index (κ3) is 2.09. The van der Waals surface area contributed by atoms with Crippen LogP contribution in [0.3, 0.4) is 0 Å². The number of rotatable bonds is 4. The number of aromatic nitrogens is 4. The van der Waals surface area contributed by atoms with Crippen molar-refractivity contribution in [1.82, 2.24) is 20.2 Å².